The van der Waals surface area contributed by atoms with Crippen LogP contribution in [0.15, 0.2) is 24.3 Å². The lowest BCUT2D eigenvalue weighted by Gasteiger charge is -2.13. The van der Waals surface area contributed by atoms with Crippen LogP contribution in [0.4, 0.5) is 0 Å². The minimum absolute atomic E-state index is 0.0684. The molecule has 4 heteroatoms. The van der Waals surface area contributed by atoms with Crippen molar-refractivity contribution >= 4 is 5.97 Å². The van der Waals surface area contributed by atoms with E-state index in [4.69, 9.17) is 0 Å². The first-order chi connectivity index (χ1) is 9.84. The number of nitrogens with zero attached hydrogens (tertiary/aromatic N) is 2. The average Bonchev–Trinajstić information content (AvgIpc) is 2.79. The molecule has 1 N–H and O–H groups in total. The van der Waals surface area contributed by atoms with Gasteiger partial charge >= 0.3 is 5.97 Å². The highest BCUT2D eigenvalue weighted by Gasteiger charge is 2.27. The summed E-state index contributed by atoms with van der Waals surface area (Å²) >= 11 is 0. The Morgan fingerprint density at radius 3 is 2.24 bits per heavy atom. The van der Waals surface area contributed by atoms with Gasteiger partial charge in [0.05, 0.1) is 17.1 Å². The molecule has 1 heterocycles. The Balaban J connectivity index is 2.81. The normalized spacial score (nSPS) is 11.4. The highest BCUT2D eigenvalue weighted by Crippen LogP contribution is 2.30. The van der Waals surface area contributed by atoms with Crippen LogP contribution in [-0.4, -0.2) is 20.9 Å². The molecule has 0 aliphatic rings. The molecule has 0 atom stereocenters. The summed E-state index contributed by atoms with van der Waals surface area (Å²) in [6.07, 6.45) is 0. The molecule has 0 saturated heterocycles. The largest absolute Gasteiger partial charge is 0.478 e. The van der Waals surface area contributed by atoms with E-state index in [-0.39, 0.29) is 11.8 Å². The molecule has 0 amide bonds. The lowest BCUT2D eigenvalue weighted by molar-refractivity contribution is 0.0693. The van der Waals surface area contributed by atoms with Gasteiger partial charge in [-0.1, -0.05) is 45.9 Å². The van der Waals surface area contributed by atoms with Crippen LogP contribution in [0.2, 0.25) is 0 Å². The van der Waals surface area contributed by atoms with E-state index in [9.17, 15) is 9.90 Å². The Labute approximate surface area is 125 Å². The van der Waals surface area contributed by atoms with Gasteiger partial charge in [0.2, 0.25) is 0 Å². The highest BCUT2D eigenvalue weighted by molar-refractivity contribution is 5.91. The molecule has 112 valence electrons. The third kappa shape index (κ3) is 2.71. The predicted molar refractivity (Wildman–Crippen MR) is 83.4 cm³/mol. The molecule has 2 rings (SSSR count). The van der Waals surface area contributed by atoms with Gasteiger partial charge in [0.15, 0.2) is 0 Å². The van der Waals surface area contributed by atoms with Gasteiger partial charge in [-0.2, -0.15) is 5.10 Å². The van der Waals surface area contributed by atoms with Crippen molar-refractivity contribution in [2.45, 2.75) is 46.5 Å². The van der Waals surface area contributed by atoms with Gasteiger partial charge in [0, 0.05) is 0 Å². The van der Waals surface area contributed by atoms with E-state index in [1.54, 1.807) is 4.68 Å². The quantitative estimate of drug-likeness (QED) is 0.919. The predicted octanol–water partition coefficient (Wildman–Crippen LogP) is 4.13. The van der Waals surface area contributed by atoms with E-state index < -0.39 is 5.97 Å². The van der Waals surface area contributed by atoms with Gasteiger partial charge < -0.3 is 5.11 Å². The summed E-state index contributed by atoms with van der Waals surface area (Å²) in [6, 6.07) is 7.91. The number of carboxylic acid groups (broad SMARTS) is 1. The van der Waals surface area contributed by atoms with Crippen LogP contribution in [0.5, 0.6) is 0 Å². The number of hydrogen-bond donors (Lipinski definition) is 1. The second kappa shape index (κ2) is 5.72. The second-order valence-electron chi connectivity index (χ2n) is 5.96. The molecule has 0 aliphatic heterocycles. The molecule has 1 aromatic carbocycles. The van der Waals surface area contributed by atoms with Crippen LogP contribution in [0.1, 0.15) is 66.8 Å². The maximum Gasteiger partial charge on any atom is 0.339 e. The molecule has 4 nitrogen and oxygen atoms in total. The zero-order chi connectivity index (χ0) is 15.7. The van der Waals surface area contributed by atoms with Gasteiger partial charge in [-0.3, -0.25) is 0 Å². The Hall–Kier alpha value is -2.10. The minimum atomic E-state index is -0.901. The molecule has 21 heavy (non-hydrogen) atoms. The third-order valence-corrected chi connectivity index (χ3v) is 3.60. The van der Waals surface area contributed by atoms with E-state index in [1.165, 1.54) is 0 Å². The maximum atomic E-state index is 11.7. The van der Waals surface area contributed by atoms with Crippen LogP contribution >= 0.6 is 0 Å². The van der Waals surface area contributed by atoms with Gasteiger partial charge in [-0.25, -0.2) is 9.48 Å². The van der Waals surface area contributed by atoms with Crippen LogP contribution in [-0.2, 0) is 0 Å². The topological polar surface area (TPSA) is 55.1 Å². The van der Waals surface area contributed by atoms with Crippen molar-refractivity contribution in [1.82, 2.24) is 9.78 Å². The molecular weight excluding hydrogens is 264 g/mol. The molecule has 0 fully saturated rings. The van der Waals surface area contributed by atoms with Gasteiger partial charge in [0.25, 0.3) is 0 Å². The van der Waals surface area contributed by atoms with Crippen LogP contribution in [0.3, 0.4) is 0 Å². The fraction of sp³-hybridized carbons (Fsp3) is 0.412. The smallest absolute Gasteiger partial charge is 0.339 e. The molecule has 0 aliphatic carbocycles. The summed E-state index contributed by atoms with van der Waals surface area (Å²) in [4.78, 5) is 11.7. The summed E-state index contributed by atoms with van der Waals surface area (Å²) in [6.45, 7) is 9.96. The number of benzene rings is 1. The van der Waals surface area contributed by atoms with Gasteiger partial charge in [-0.15, -0.1) is 0 Å². The minimum Gasteiger partial charge on any atom is -0.478 e. The fourth-order valence-corrected chi connectivity index (χ4v) is 2.59. The van der Waals surface area contributed by atoms with Gasteiger partial charge in [0.1, 0.15) is 5.56 Å². The fourth-order valence-electron chi connectivity index (χ4n) is 2.59. The van der Waals surface area contributed by atoms with Crippen molar-refractivity contribution in [3.05, 3.63) is 46.8 Å². The van der Waals surface area contributed by atoms with E-state index in [2.05, 4.69) is 5.10 Å². The number of para-hydroxylation sites is 1. The molecule has 0 saturated carbocycles. The average molecular weight is 286 g/mol. The van der Waals surface area contributed by atoms with E-state index in [1.807, 2.05) is 58.9 Å². The Kier molecular flexibility index (Phi) is 4.16. The molecule has 0 radical (unpaired) electrons. The number of aromatic carboxylic acids is 1. The Morgan fingerprint density at radius 2 is 1.76 bits per heavy atom. The lowest BCUT2D eigenvalue weighted by Crippen LogP contribution is -2.09. The standard InChI is InChI=1S/C17H22N2O2/c1-10(2)15-14(17(20)21)16(11(3)4)19(18-15)13-9-7-6-8-12(13)5/h6-11H,1-5H3,(H,20,21). The third-order valence-electron chi connectivity index (χ3n) is 3.60. The van der Waals surface area contributed by atoms with E-state index in [0.29, 0.717) is 11.3 Å². The van der Waals surface area contributed by atoms with Crippen molar-refractivity contribution < 1.29 is 9.90 Å². The summed E-state index contributed by atoms with van der Waals surface area (Å²) in [5.74, 6) is -0.753. The molecule has 0 unspecified atom stereocenters. The zero-order valence-electron chi connectivity index (χ0n) is 13.2. The van der Waals surface area contributed by atoms with Gasteiger partial charge in [-0.05, 0) is 30.4 Å². The number of carbonyl (C=O) groups is 1. The van der Waals surface area contributed by atoms with Crippen LogP contribution in [0.25, 0.3) is 5.69 Å². The van der Waals surface area contributed by atoms with Crippen molar-refractivity contribution in [3.8, 4) is 5.69 Å². The zero-order valence-corrected chi connectivity index (χ0v) is 13.2. The molecule has 1 aromatic heterocycles. The number of hydrogen-bond acceptors (Lipinski definition) is 2. The number of aromatic nitrogens is 2. The summed E-state index contributed by atoms with van der Waals surface area (Å²) < 4.78 is 1.80. The summed E-state index contributed by atoms with van der Waals surface area (Å²) in [7, 11) is 0. The molecule has 2 aromatic rings. The van der Waals surface area contributed by atoms with Crippen LogP contribution < -0.4 is 0 Å². The van der Waals surface area contributed by atoms with Crippen molar-refractivity contribution in [2.24, 2.45) is 0 Å². The van der Waals surface area contributed by atoms with Crippen molar-refractivity contribution in [2.75, 3.05) is 0 Å². The first-order valence-corrected chi connectivity index (χ1v) is 7.26. The second-order valence-corrected chi connectivity index (χ2v) is 5.96. The lowest BCUT2D eigenvalue weighted by atomic mass is 9.98. The molecule has 0 spiro atoms. The number of rotatable bonds is 4. The Morgan fingerprint density at radius 1 is 1.14 bits per heavy atom. The Bertz CT molecular complexity index is 669. The highest BCUT2D eigenvalue weighted by atomic mass is 16.4. The first-order valence-electron chi connectivity index (χ1n) is 7.26. The van der Waals surface area contributed by atoms with Crippen molar-refractivity contribution in [1.29, 1.82) is 0 Å². The summed E-state index contributed by atoms with van der Waals surface area (Å²) in [5.41, 5.74) is 3.78. The summed E-state index contributed by atoms with van der Waals surface area (Å²) in [5, 5.41) is 14.2. The van der Waals surface area contributed by atoms with Crippen molar-refractivity contribution in [3.63, 3.8) is 0 Å². The molecule has 0 bridgehead atoms. The maximum absolute atomic E-state index is 11.7. The molecular formula is C17H22N2O2. The first kappa shape index (κ1) is 15.3. The van der Waals surface area contributed by atoms with Crippen LogP contribution in [0, 0.1) is 6.92 Å². The van der Waals surface area contributed by atoms with E-state index >= 15 is 0 Å². The SMILES string of the molecule is Cc1ccccc1-n1nc(C(C)C)c(C(=O)O)c1C(C)C. The monoisotopic (exact) mass is 286 g/mol. The number of aryl methyl sites for hydroxylation is 1. The van der Waals surface area contributed by atoms with E-state index in [0.717, 1.165) is 16.9 Å². The number of carboxylic acids is 1.